The molecule has 0 spiro atoms. The highest BCUT2D eigenvalue weighted by Gasteiger charge is 2.08. The Morgan fingerprint density at radius 2 is 1.94 bits per heavy atom. The van der Waals surface area contributed by atoms with E-state index in [4.69, 9.17) is 0 Å². The Labute approximate surface area is 104 Å². The van der Waals surface area contributed by atoms with Gasteiger partial charge in [-0.25, -0.2) is 0 Å². The third-order valence-electron chi connectivity index (χ3n) is 3.37. The maximum atomic E-state index is 3.59. The van der Waals surface area contributed by atoms with Gasteiger partial charge >= 0.3 is 0 Å². The third-order valence-corrected chi connectivity index (χ3v) is 3.37. The van der Waals surface area contributed by atoms with Gasteiger partial charge in [0.15, 0.2) is 0 Å². The zero-order chi connectivity index (χ0) is 12.1. The molecule has 0 aliphatic heterocycles. The lowest BCUT2D eigenvalue weighted by atomic mass is 9.99. The average Bonchev–Trinajstić information content (AvgIpc) is 2.40. The van der Waals surface area contributed by atoms with E-state index in [1.807, 2.05) is 0 Å². The first kappa shape index (κ1) is 12.0. The number of hydrogen-bond acceptors (Lipinski definition) is 1. The molecule has 1 nitrogen and oxygen atoms in total. The predicted octanol–water partition coefficient (Wildman–Crippen LogP) is 4.68. The van der Waals surface area contributed by atoms with Gasteiger partial charge in [-0.1, -0.05) is 38.1 Å². The Morgan fingerprint density at radius 1 is 1.12 bits per heavy atom. The molecule has 1 N–H and O–H groups in total. The van der Waals surface area contributed by atoms with Crippen LogP contribution in [0.5, 0.6) is 0 Å². The SMILES string of the molecule is CCC1=C(Nc2ccccc2CC)C=CCC1. The number of benzene rings is 1. The van der Waals surface area contributed by atoms with Crippen molar-refractivity contribution in [1.29, 1.82) is 0 Å². The fourth-order valence-corrected chi connectivity index (χ4v) is 2.30. The molecule has 90 valence electrons. The molecule has 17 heavy (non-hydrogen) atoms. The Bertz CT molecular complexity index is 441. The number of hydrogen-bond donors (Lipinski definition) is 1. The largest absolute Gasteiger partial charge is 0.355 e. The van der Waals surface area contributed by atoms with E-state index in [1.165, 1.54) is 29.8 Å². The summed E-state index contributed by atoms with van der Waals surface area (Å²) in [5.74, 6) is 0. The van der Waals surface area contributed by atoms with Crippen LogP contribution in [0.2, 0.25) is 0 Å². The Hall–Kier alpha value is -1.50. The monoisotopic (exact) mass is 227 g/mol. The second-order valence-corrected chi connectivity index (χ2v) is 4.45. The van der Waals surface area contributed by atoms with Crippen LogP contribution < -0.4 is 5.32 Å². The summed E-state index contributed by atoms with van der Waals surface area (Å²) in [6.07, 6.45) is 9.08. The van der Waals surface area contributed by atoms with E-state index >= 15 is 0 Å². The Balaban J connectivity index is 2.25. The smallest absolute Gasteiger partial charge is 0.0416 e. The topological polar surface area (TPSA) is 12.0 Å². The molecular formula is C16H21N. The molecular weight excluding hydrogens is 206 g/mol. The highest BCUT2D eigenvalue weighted by molar-refractivity contribution is 5.57. The van der Waals surface area contributed by atoms with Crippen molar-refractivity contribution >= 4 is 5.69 Å². The van der Waals surface area contributed by atoms with Crippen LogP contribution in [0.3, 0.4) is 0 Å². The maximum absolute atomic E-state index is 3.59. The van der Waals surface area contributed by atoms with Crippen LogP contribution in [-0.4, -0.2) is 0 Å². The van der Waals surface area contributed by atoms with Gasteiger partial charge in [-0.15, -0.1) is 0 Å². The molecule has 0 heterocycles. The third kappa shape index (κ3) is 2.79. The number of nitrogens with one attached hydrogen (secondary N) is 1. The summed E-state index contributed by atoms with van der Waals surface area (Å²) in [6, 6.07) is 8.57. The molecule has 1 aliphatic carbocycles. The second-order valence-electron chi connectivity index (χ2n) is 4.45. The van der Waals surface area contributed by atoms with E-state index in [-0.39, 0.29) is 0 Å². The second kappa shape index (κ2) is 5.72. The first-order valence-electron chi connectivity index (χ1n) is 6.58. The molecule has 0 unspecified atom stereocenters. The lowest BCUT2D eigenvalue weighted by molar-refractivity contribution is 0.876. The first-order chi connectivity index (χ1) is 8.35. The van der Waals surface area contributed by atoms with Crippen LogP contribution in [0, 0.1) is 0 Å². The van der Waals surface area contributed by atoms with Gasteiger partial charge in [0.2, 0.25) is 0 Å². The highest BCUT2D eigenvalue weighted by atomic mass is 14.9. The zero-order valence-electron chi connectivity index (χ0n) is 10.8. The van der Waals surface area contributed by atoms with Crippen molar-refractivity contribution in [3.05, 3.63) is 53.3 Å². The van der Waals surface area contributed by atoms with Crippen molar-refractivity contribution in [2.75, 3.05) is 5.32 Å². The van der Waals surface area contributed by atoms with Gasteiger partial charge in [-0.3, -0.25) is 0 Å². The lowest BCUT2D eigenvalue weighted by Gasteiger charge is -2.18. The molecule has 0 aromatic heterocycles. The van der Waals surface area contributed by atoms with Gasteiger partial charge in [0.05, 0.1) is 0 Å². The van der Waals surface area contributed by atoms with Gasteiger partial charge in [0, 0.05) is 11.4 Å². The summed E-state index contributed by atoms with van der Waals surface area (Å²) in [5.41, 5.74) is 5.48. The van der Waals surface area contributed by atoms with Crippen LogP contribution in [0.1, 0.15) is 38.7 Å². The summed E-state index contributed by atoms with van der Waals surface area (Å²) < 4.78 is 0. The minimum Gasteiger partial charge on any atom is -0.355 e. The van der Waals surface area contributed by atoms with E-state index < -0.39 is 0 Å². The standard InChI is InChI=1S/C16H21N/c1-3-13-9-5-7-11-15(13)17-16-12-8-6-10-14(16)4-2/h5,7-9,11-12,17H,3-4,6,10H2,1-2H3. The van der Waals surface area contributed by atoms with Crippen LogP contribution in [0.15, 0.2) is 47.7 Å². The molecule has 0 bridgehead atoms. The first-order valence-corrected chi connectivity index (χ1v) is 6.58. The highest BCUT2D eigenvalue weighted by Crippen LogP contribution is 2.25. The van der Waals surface area contributed by atoms with Crippen molar-refractivity contribution in [3.63, 3.8) is 0 Å². The lowest BCUT2D eigenvalue weighted by Crippen LogP contribution is -2.06. The van der Waals surface area contributed by atoms with Crippen molar-refractivity contribution in [3.8, 4) is 0 Å². The van der Waals surface area contributed by atoms with Crippen molar-refractivity contribution in [2.24, 2.45) is 0 Å². The normalized spacial score (nSPS) is 15.2. The van der Waals surface area contributed by atoms with Crippen molar-refractivity contribution in [2.45, 2.75) is 39.5 Å². The van der Waals surface area contributed by atoms with E-state index in [0.717, 1.165) is 12.8 Å². The number of allylic oxidation sites excluding steroid dienone is 3. The van der Waals surface area contributed by atoms with Gasteiger partial charge in [-0.2, -0.15) is 0 Å². The van der Waals surface area contributed by atoms with Crippen LogP contribution in [0.25, 0.3) is 0 Å². The van der Waals surface area contributed by atoms with Crippen LogP contribution in [-0.2, 0) is 6.42 Å². The van der Waals surface area contributed by atoms with Crippen molar-refractivity contribution in [1.82, 2.24) is 0 Å². The van der Waals surface area contributed by atoms with Gasteiger partial charge in [-0.05, 0) is 49.0 Å². The summed E-state index contributed by atoms with van der Waals surface area (Å²) in [4.78, 5) is 0. The van der Waals surface area contributed by atoms with E-state index in [1.54, 1.807) is 5.57 Å². The van der Waals surface area contributed by atoms with Crippen molar-refractivity contribution < 1.29 is 0 Å². The van der Waals surface area contributed by atoms with E-state index in [9.17, 15) is 0 Å². The molecule has 1 aliphatic rings. The minimum atomic E-state index is 1.07. The Morgan fingerprint density at radius 3 is 2.71 bits per heavy atom. The predicted molar refractivity (Wildman–Crippen MR) is 75.1 cm³/mol. The summed E-state index contributed by atoms with van der Waals surface area (Å²) in [7, 11) is 0. The van der Waals surface area contributed by atoms with Gasteiger partial charge in [0.1, 0.15) is 0 Å². The maximum Gasteiger partial charge on any atom is 0.0416 e. The molecule has 1 aromatic carbocycles. The molecule has 0 fully saturated rings. The molecule has 1 aromatic rings. The molecule has 0 saturated heterocycles. The molecule has 2 rings (SSSR count). The van der Waals surface area contributed by atoms with Crippen LogP contribution in [0.4, 0.5) is 5.69 Å². The molecule has 0 saturated carbocycles. The van der Waals surface area contributed by atoms with Crippen LogP contribution >= 0.6 is 0 Å². The molecule has 0 radical (unpaired) electrons. The average molecular weight is 227 g/mol. The summed E-state index contributed by atoms with van der Waals surface area (Å²) in [5, 5.41) is 3.59. The summed E-state index contributed by atoms with van der Waals surface area (Å²) in [6.45, 7) is 4.44. The Kier molecular flexibility index (Phi) is 4.03. The summed E-state index contributed by atoms with van der Waals surface area (Å²) >= 11 is 0. The fraction of sp³-hybridized carbons (Fsp3) is 0.375. The molecule has 0 atom stereocenters. The molecule has 0 amide bonds. The van der Waals surface area contributed by atoms with Gasteiger partial charge < -0.3 is 5.32 Å². The quantitative estimate of drug-likeness (QED) is 0.787. The van der Waals surface area contributed by atoms with E-state index in [0.29, 0.717) is 0 Å². The number of rotatable bonds is 4. The minimum absolute atomic E-state index is 1.07. The number of aryl methyl sites for hydroxylation is 1. The fourth-order valence-electron chi connectivity index (χ4n) is 2.30. The van der Waals surface area contributed by atoms with E-state index in [2.05, 4.69) is 55.6 Å². The van der Waals surface area contributed by atoms with Gasteiger partial charge in [0.25, 0.3) is 0 Å². The number of para-hydroxylation sites is 1. The molecule has 1 heteroatoms. The number of anilines is 1. The zero-order valence-corrected chi connectivity index (χ0v) is 10.8.